The van der Waals surface area contributed by atoms with Crippen molar-refractivity contribution >= 4 is 81.6 Å². The van der Waals surface area contributed by atoms with Gasteiger partial charge in [-0.1, -0.05) is 12.1 Å². The Balaban J connectivity index is 1.33. The van der Waals surface area contributed by atoms with E-state index >= 15 is 0 Å². The Morgan fingerprint density at radius 2 is 1.22 bits per heavy atom. The molecule has 0 saturated carbocycles. The molecular weight excluding hydrogens is 697 g/mol. The first-order chi connectivity index (χ1) is 24.4. The van der Waals surface area contributed by atoms with Crippen LogP contribution in [0.15, 0.2) is 72.1 Å². The smallest absolute Gasteiger partial charge is 0.272 e. The number of guanidine groups is 1. The van der Waals surface area contributed by atoms with Crippen molar-refractivity contribution in [2.24, 2.45) is 37.6 Å². The first kappa shape index (κ1) is 38.1. The van der Waals surface area contributed by atoms with Crippen LogP contribution in [0.3, 0.4) is 0 Å². The Hall–Kier alpha value is -5.67. The van der Waals surface area contributed by atoms with Crippen LogP contribution in [-0.2, 0) is 25.9 Å². The van der Waals surface area contributed by atoms with Crippen LogP contribution >= 0.6 is 23.2 Å². The fraction of sp³-hybridized carbons (Fsp3) is 0.265. The van der Waals surface area contributed by atoms with E-state index in [1.54, 1.807) is 71.6 Å². The van der Waals surface area contributed by atoms with Crippen molar-refractivity contribution in [3.8, 4) is 0 Å². The minimum Gasteiger partial charge on any atom is -0.370 e. The molecule has 0 fully saturated rings. The Morgan fingerprint density at radius 1 is 0.745 bits per heavy atom. The molecule has 8 N–H and O–H groups in total. The summed E-state index contributed by atoms with van der Waals surface area (Å²) in [5.41, 5.74) is 14.5. The second-order valence-electron chi connectivity index (χ2n) is 11.4. The Morgan fingerprint density at radius 3 is 1.69 bits per heavy atom. The first-order valence-corrected chi connectivity index (χ1v) is 16.9. The molecule has 4 amide bonds. The number of halogens is 2. The van der Waals surface area contributed by atoms with Crippen LogP contribution in [0.1, 0.15) is 37.0 Å². The zero-order chi connectivity index (χ0) is 37.1. The number of nitrogens with zero attached hydrogens (tertiary/aromatic N) is 5. The van der Waals surface area contributed by atoms with E-state index in [4.69, 9.17) is 34.7 Å². The van der Waals surface area contributed by atoms with Gasteiger partial charge in [0.2, 0.25) is 5.91 Å². The molecular formula is C34H41Cl2N11O4. The number of rotatable bonds is 16. The maximum atomic E-state index is 13.2. The summed E-state index contributed by atoms with van der Waals surface area (Å²) in [4.78, 5) is 57.4. The van der Waals surface area contributed by atoms with Gasteiger partial charge in [-0.2, -0.15) is 0 Å². The highest BCUT2D eigenvalue weighted by molar-refractivity contribution is 6.18. The van der Waals surface area contributed by atoms with Gasteiger partial charge < -0.3 is 51.3 Å². The van der Waals surface area contributed by atoms with E-state index in [-0.39, 0.29) is 42.3 Å². The molecule has 0 spiro atoms. The normalized spacial score (nSPS) is 10.9. The Bertz CT molecular complexity index is 1920. The van der Waals surface area contributed by atoms with Gasteiger partial charge >= 0.3 is 0 Å². The molecule has 3 heterocycles. The molecule has 17 heteroatoms. The van der Waals surface area contributed by atoms with Crippen LogP contribution in [0, 0.1) is 0 Å². The lowest BCUT2D eigenvalue weighted by atomic mass is 10.2. The summed E-state index contributed by atoms with van der Waals surface area (Å²) in [5.74, 6) is -0.707. The quantitative estimate of drug-likeness (QED) is 0.0334. The topological polar surface area (TPSA) is 199 Å². The number of carbonyl (C=O) groups excluding carboxylic acids is 4. The van der Waals surface area contributed by atoms with E-state index in [0.29, 0.717) is 47.6 Å². The molecule has 0 atom stereocenters. The summed E-state index contributed by atoms with van der Waals surface area (Å²) in [6.45, 7) is 1.82. The van der Waals surface area contributed by atoms with E-state index in [2.05, 4.69) is 31.2 Å². The van der Waals surface area contributed by atoms with E-state index in [1.165, 1.54) is 12.1 Å². The van der Waals surface area contributed by atoms with Crippen molar-refractivity contribution < 1.29 is 19.2 Å². The Labute approximate surface area is 305 Å². The minimum absolute atomic E-state index is 0.0652. The molecule has 0 aliphatic heterocycles. The number of hydrogen-bond acceptors (Lipinski definition) is 6. The second kappa shape index (κ2) is 17.8. The predicted molar refractivity (Wildman–Crippen MR) is 203 cm³/mol. The van der Waals surface area contributed by atoms with Gasteiger partial charge in [-0.3, -0.25) is 24.2 Å². The van der Waals surface area contributed by atoms with E-state index < -0.39 is 11.8 Å². The van der Waals surface area contributed by atoms with Crippen LogP contribution < -0.4 is 37.6 Å². The van der Waals surface area contributed by atoms with Crippen LogP contribution in [0.5, 0.6) is 0 Å². The van der Waals surface area contributed by atoms with Crippen LogP contribution in [-0.4, -0.2) is 81.2 Å². The largest absolute Gasteiger partial charge is 0.370 e. The van der Waals surface area contributed by atoms with Gasteiger partial charge in [0.1, 0.15) is 17.1 Å². The number of amides is 4. The monoisotopic (exact) mass is 737 g/mol. The third-order valence-corrected chi connectivity index (χ3v) is 7.92. The number of benzene rings is 1. The molecule has 1 aromatic carbocycles. The lowest BCUT2D eigenvalue weighted by Gasteiger charge is -2.22. The van der Waals surface area contributed by atoms with Crippen LogP contribution in [0.25, 0.3) is 6.08 Å². The van der Waals surface area contributed by atoms with Crippen molar-refractivity contribution in [3.63, 3.8) is 0 Å². The SMILES string of the molecule is Cn1cc(NC(=O)c2cc(NC(=O)c3cc(NC(=O)/C=C/c4ccc(N(CCCl)CCCl)cc4)cn3C)cn2C)cc1C(=O)NCCN=C(N)N. The molecule has 0 bridgehead atoms. The minimum atomic E-state index is -0.448. The average molecular weight is 739 g/mol. The van der Waals surface area contributed by atoms with E-state index in [9.17, 15) is 19.2 Å². The zero-order valence-corrected chi connectivity index (χ0v) is 30.0. The molecule has 0 aliphatic rings. The second-order valence-corrected chi connectivity index (χ2v) is 12.2. The maximum absolute atomic E-state index is 13.2. The number of aliphatic imine (C=N–C) groups is 1. The lowest BCUT2D eigenvalue weighted by Crippen LogP contribution is -2.29. The summed E-state index contributed by atoms with van der Waals surface area (Å²) in [5, 5.41) is 11.0. The number of carbonyl (C=O) groups is 4. The fourth-order valence-electron chi connectivity index (χ4n) is 5.14. The van der Waals surface area contributed by atoms with Gasteiger partial charge in [-0.15, -0.1) is 23.2 Å². The highest BCUT2D eigenvalue weighted by atomic mass is 35.5. The van der Waals surface area contributed by atoms with Gasteiger partial charge in [0.05, 0.1) is 23.6 Å². The zero-order valence-electron chi connectivity index (χ0n) is 28.5. The summed E-state index contributed by atoms with van der Waals surface area (Å²) in [6.07, 6.45) is 7.94. The maximum Gasteiger partial charge on any atom is 0.272 e. The van der Waals surface area contributed by atoms with Crippen molar-refractivity contribution in [1.29, 1.82) is 0 Å². The molecule has 51 heavy (non-hydrogen) atoms. The standard InChI is InChI=1S/C34H41Cl2N11O4/c1-44-20-24(17-27(44)31(49)39-12-13-40-34(37)38)42-33(51)29-18-25(21-46(29)3)43-32(50)28-16-23(19-45(28)2)41-30(48)9-6-22-4-7-26(8-5-22)47(14-10-35)15-11-36/h4-9,16-21H,10-15H2,1-3H3,(H,39,49)(H,41,48)(H,42,51)(H,43,50)(H4,37,38,40)/b9-6+. The van der Waals surface area contributed by atoms with Gasteiger partial charge in [-0.05, 0) is 42.0 Å². The molecule has 15 nitrogen and oxygen atoms in total. The van der Waals surface area contributed by atoms with Gasteiger partial charge in [0, 0.05) is 82.9 Å². The van der Waals surface area contributed by atoms with E-state index in [0.717, 1.165) is 11.3 Å². The first-order valence-electron chi connectivity index (χ1n) is 15.8. The molecule has 0 saturated heterocycles. The summed E-state index contributed by atoms with van der Waals surface area (Å²) in [7, 11) is 5.03. The number of nitrogens with one attached hydrogen (secondary N) is 4. The number of anilines is 4. The third-order valence-electron chi connectivity index (χ3n) is 7.58. The van der Waals surface area contributed by atoms with Crippen LogP contribution in [0.2, 0.25) is 0 Å². The molecule has 4 rings (SSSR count). The van der Waals surface area contributed by atoms with Crippen molar-refractivity contribution in [1.82, 2.24) is 19.0 Å². The summed E-state index contributed by atoms with van der Waals surface area (Å²) >= 11 is 11.8. The number of aromatic nitrogens is 3. The predicted octanol–water partition coefficient (Wildman–Crippen LogP) is 3.15. The highest BCUT2D eigenvalue weighted by Gasteiger charge is 2.19. The van der Waals surface area contributed by atoms with Gasteiger partial charge in [0.15, 0.2) is 5.96 Å². The third kappa shape index (κ3) is 10.7. The summed E-state index contributed by atoms with van der Waals surface area (Å²) < 4.78 is 4.73. The molecule has 0 radical (unpaired) electrons. The van der Waals surface area contributed by atoms with E-state index in [1.807, 2.05) is 24.3 Å². The van der Waals surface area contributed by atoms with Gasteiger partial charge in [0.25, 0.3) is 17.7 Å². The number of hydrogen-bond donors (Lipinski definition) is 6. The molecule has 0 unspecified atom stereocenters. The molecule has 0 aliphatic carbocycles. The average Bonchev–Trinajstić information content (AvgIpc) is 3.76. The molecule has 4 aromatic rings. The highest BCUT2D eigenvalue weighted by Crippen LogP contribution is 2.20. The summed E-state index contributed by atoms with van der Waals surface area (Å²) in [6, 6.07) is 12.3. The number of nitrogens with two attached hydrogens (primary N) is 2. The van der Waals surface area contributed by atoms with Crippen molar-refractivity contribution in [2.75, 3.05) is 58.8 Å². The number of aryl methyl sites for hydroxylation is 3. The van der Waals surface area contributed by atoms with Crippen molar-refractivity contribution in [2.45, 2.75) is 0 Å². The van der Waals surface area contributed by atoms with Crippen LogP contribution in [0.4, 0.5) is 22.7 Å². The van der Waals surface area contributed by atoms with Crippen molar-refractivity contribution in [3.05, 3.63) is 89.8 Å². The Kier molecular flexibility index (Phi) is 13.3. The van der Waals surface area contributed by atoms with Gasteiger partial charge in [-0.25, -0.2) is 0 Å². The molecule has 3 aromatic heterocycles. The lowest BCUT2D eigenvalue weighted by molar-refractivity contribution is -0.111. The molecule has 270 valence electrons. The number of alkyl halides is 2. The fourth-order valence-corrected chi connectivity index (χ4v) is 5.55.